The standard InChI is InChI=1S/C12H15N/c1-9-6-5-7-11(10(9)8-13)12(2,3)4/h5-7H,1-4H3. The predicted molar refractivity (Wildman–Crippen MR) is 54.6 cm³/mol. The van der Waals surface area contributed by atoms with Crippen molar-refractivity contribution in [3.05, 3.63) is 34.9 Å². The minimum atomic E-state index is 0.0527. The molecule has 0 aliphatic rings. The summed E-state index contributed by atoms with van der Waals surface area (Å²) in [4.78, 5) is 0. The quantitative estimate of drug-likeness (QED) is 0.591. The van der Waals surface area contributed by atoms with Gasteiger partial charge in [-0.25, -0.2) is 0 Å². The van der Waals surface area contributed by atoms with Crippen molar-refractivity contribution >= 4 is 0 Å². The summed E-state index contributed by atoms with van der Waals surface area (Å²) in [5, 5.41) is 9.01. The lowest BCUT2D eigenvalue weighted by Gasteiger charge is -2.21. The highest BCUT2D eigenvalue weighted by molar-refractivity contribution is 5.46. The molecule has 1 nitrogen and oxygen atoms in total. The van der Waals surface area contributed by atoms with Crippen molar-refractivity contribution in [1.29, 1.82) is 5.26 Å². The first-order valence-corrected chi connectivity index (χ1v) is 4.47. The summed E-state index contributed by atoms with van der Waals surface area (Å²) < 4.78 is 0. The molecule has 1 aromatic carbocycles. The fourth-order valence-corrected chi connectivity index (χ4v) is 1.44. The number of hydrogen-bond donors (Lipinski definition) is 0. The summed E-state index contributed by atoms with van der Waals surface area (Å²) in [5.41, 5.74) is 3.08. The van der Waals surface area contributed by atoms with Crippen LogP contribution in [-0.2, 0) is 5.41 Å². The van der Waals surface area contributed by atoms with Gasteiger partial charge in [-0.05, 0) is 23.5 Å². The molecule has 68 valence electrons. The van der Waals surface area contributed by atoms with Crippen LogP contribution in [0.2, 0.25) is 0 Å². The molecule has 0 spiro atoms. The van der Waals surface area contributed by atoms with Crippen molar-refractivity contribution in [3.8, 4) is 6.07 Å². The van der Waals surface area contributed by atoms with Gasteiger partial charge in [-0.2, -0.15) is 5.26 Å². The van der Waals surface area contributed by atoms with Crippen LogP contribution in [0.3, 0.4) is 0 Å². The van der Waals surface area contributed by atoms with Gasteiger partial charge >= 0.3 is 0 Å². The Labute approximate surface area is 80.0 Å². The molecular formula is C12H15N. The fourth-order valence-electron chi connectivity index (χ4n) is 1.44. The summed E-state index contributed by atoms with van der Waals surface area (Å²) in [6.07, 6.45) is 0. The van der Waals surface area contributed by atoms with E-state index in [2.05, 4.69) is 26.8 Å². The number of benzene rings is 1. The number of nitrogens with zero attached hydrogens (tertiary/aromatic N) is 1. The Balaban J connectivity index is 3.40. The van der Waals surface area contributed by atoms with Crippen molar-refractivity contribution in [2.24, 2.45) is 0 Å². The molecule has 0 aliphatic heterocycles. The molecule has 1 rings (SSSR count). The zero-order valence-corrected chi connectivity index (χ0v) is 8.68. The summed E-state index contributed by atoms with van der Waals surface area (Å²) in [6, 6.07) is 8.29. The first-order chi connectivity index (χ1) is 5.96. The lowest BCUT2D eigenvalue weighted by atomic mass is 9.83. The maximum Gasteiger partial charge on any atom is 0.0997 e. The van der Waals surface area contributed by atoms with E-state index in [-0.39, 0.29) is 5.41 Å². The number of hydrogen-bond acceptors (Lipinski definition) is 1. The third-order valence-electron chi connectivity index (χ3n) is 2.19. The average molecular weight is 173 g/mol. The molecule has 0 atom stereocenters. The van der Waals surface area contributed by atoms with E-state index in [0.717, 1.165) is 16.7 Å². The van der Waals surface area contributed by atoms with Gasteiger partial charge in [0.2, 0.25) is 0 Å². The molecule has 0 heterocycles. The minimum Gasteiger partial charge on any atom is -0.192 e. The summed E-state index contributed by atoms with van der Waals surface area (Å²) in [6.45, 7) is 8.36. The first-order valence-electron chi connectivity index (χ1n) is 4.47. The molecule has 0 bridgehead atoms. The third kappa shape index (κ3) is 1.89. The molecule has 1 heteroatoms. The summed E-state index contributed by atoms with van der Waals surface area (Å²) in [7, 11) is 0. The van der Waals surface area contributed by atoms with Gasteiger partial charge in [0.1, 0.15) is 0 Å². The Kier molecular flexibility index (Phi) is 2.43. The molecule has 1 aromatic rings. The van der Waals surface area contributed by atoms with Crippen LogP contribution in [-0.4, -0.2) is 0 Å². The first kappa shape index (κ1) is 9.80. The third-order valence-corrected chi connectivity index (χ3v) is 2.19. The monoisotopic (exact) mass is 173 g/mol. The number of rotatable bonds is 0. The number of nitriles is 1. The van der Waals surface area contributed by atoms with Crippen molar-refractivity contribution in [3.63, 3.8) is 0 Å². The van der Waals surface area contributed by atoms with Gasteiger partial charge in [0.05, 0.1) is 11.6 Å². The van der Waals surface area contributed by atoms with E-state index in [1.807, 2.05) is 25.1 Å². The van der Waals surface area contributed by atoms with Crippen LogP contribution < -0.4 is 0 Å². The summed E-state index contributed by atoms with van der Waals surface area (Å²) >= 11 is 0. The van der Waals surface area contributed by atoms with E-state index < -0.39 is 0 Å². The molecule has 0 saturated carbocycles. The molecule has 0 fully saturated rings. The lowest BCUT2D eigenvalue weighted by Crippen LogP contribution is -2.13. The number of aryl methyl sites for hydroxylation is 1. The van der Waals surface area contributed by atoms with Crippen molar-refractivity contribution < 1.29 is 0 Å². The SMILES string of the molecule is Cc1cccc(C(C)(C)C)c1C#N. The molecule has 0 unspecified atom stereocenters. The van der Waals surface area contributed by atoms with E-state index in [1.165, 1.54) is 0 Å². The van der Waals surface area contributed by atoms with Gasteiger partial charge in [-0.3, -0.25) is 0 Å². The maximum absolute atomic E-state index is 9.01. The highest BCUT2D eigenvalue weighted by Crippen LogP contribution is 2.26. The normalized spacial score (nSPS) is 11.0. The molecule has 0 radical (unpaired) electrons. The van der Waals surface area contributed by atoms with Gasteiger partial charge in [0, 0.05) is 0 Å². The second-order valence-corrected chi connectivity index (χ2v) is 4.36. The Morgan fingerprint density at radius 1 is 1.23 bits per heavy atom. The molecule has 0 amide bonds. The van der Waals surface area contributed by atoms with E-state index >= 15 is 0 Å². The molecule has 0 saturated heterocycles. The van der Waals surface area contributed by atoms with Gasteiger partial charge in [-0.15, -0.1) is 0 Å². The van der Waals surface area contributed by atoms with Crippen LogP contribution in [0.1, 0.15) is 37.5 Å². The Bertz CT molecular complexity index is 350. The predicted octanol–water partition coefficient (Wildman–Crippen LogP) is 3.16. The van der Waals surface area contributed by atoms with E-state index in [4.69, 9.17) is 5.26 Å². The Morgan fingerprint density at radius 2 is 1.85 bits per heavy atom. The second kappa shape index (κ2) is 3.22. The molecular weight excluding hydrogens is 158 g/mol. The van der Waals surface area contributed by atoms with Gasteiger partial charge in [0.15, 0.2) is 0 Å². The van der Waals surface area contributed by atoms with Gasteiger partial charge in [0.25, 0.3) is 0 Å². The Hall–Kier alpha value is -1.29. The smallest absolute Gasteiger partial charge is 0.0997 e. The van der Waals surface area contributed by atoms with Gasteiger partial charge in [-0.1, -0.05) is 39.0 Å². The zero-order chi connectivity index (χ0) is 10.1. The zero-order valence-electron chi connectivity index (χ0n) is 8.68. The van der Waals surface area contributed by atoms with Crippen LogP contribution >= 0.6 is 0 Å². The van der Waals surface area contributed by atoms with Crippen LogP contribution in [0.15, 0.2) is 18.2 Å². The highest BCUT2D eigenvalue weighted by Gasteiger charge is 2.18. The largest absolute Gasteiger partial charge is 0.192 e. The van der Waals surface area contributed by atoms with E-state index in [0.29, 0.717) is 0 Å². The van der Waals surface area contributed by atoms with Crippen molar-refractivity contribution in [2.45, 2.75) is 33.1 Å². The maximum atomic E-state index is 9.01. The summed E-state index contributed by atoms with van der Waals surface area (Å²) in [5.74, 6) is 0. The Morgan fingerprint density at radius 3 is 2.23 bits per heavy atom. The van der Waals surface area contributed by atoms with E-state index in [9.17, 15) is 0 Å². The molecule has 0 aromatic heterocycles. The minimum absolute atomic E-state index is 0.0527. The van der Waals surface area contributed by atoms with Crippen LogP contribution in [0.5, 0.6) is 0 Å². The van der Waals surface area contributed by atoms with E-state index in [1.54, 1.807) is 0 Å². The van der Waals surface area contributed by atoms with Crippen LogP contribution in [0.4, 0.5) is 0 Å². The topological polar surface area (TPSA) is 23.8 Å². The molecule has 0 N–H and O–H groups in total. The highest BCUT2D eigenvalue weighted by atomic mass is 14.3. The average Bonchev–Trinajstić information content (AvgIpc) is 2.02. The fraction of sp³-hybridized carbons (Fsp3) is 0.417. The van der Waals surface area contributed by atoms with Crippen LogP contribution in [0, 0.1) is 18.3 Å². The van der Waals surface area contributed by atoms with Crippen molar-refractivity contribution in [1.82, 2.24) is 0 Å². The molecule has 13 heavy (non-hydrogen) atoms. The van der Waals surface area contributed by atoms with Gasteiger partial charge < -0.3 is 0 Å². The van der Waals surface area contributed by atoms with Crippen LogP contribution in [0.25, 0.3) is 0 Å². The lowest BCUT2D eigenvalue weighted by molar-refractivity contribution is 0.588. The van der Waals surface area contributed by atoms with Crippen molar-refractivity contribution in [2.75, 3.05) is 0 Å². The second-order valence-electron chi connectivity index (χ2n) is 4.36. The molecule has 0 aliphatic carbocycles.